The van der Waals surface area contributed by atoms with Crippen LogP contribution in [-0.4, -0.2) is 68.0 Å². The molecule has 0 aliphatic carbocycles. The van der Waals surface area contributed by atoms with Gasteiger partial charge < -0.3 is 38.5 Å². The number of ether oxygens (including phenoxy) is 7. The van der Waals surface area contributed by atoms with E-state index < -0.39 is 47.8 Å². The van der Waals surface area contributed by atoms with E-state index in [-0.39, 0.29) is 31.1 Å². The summed E-state index contributed by atoms with van der Waals surface area (Å²) in [6.07, 6.45) is -2.66. The Labute approximate surface area is 229 Å². The average molecular weight is 556 g/mol. The van der Waals surface area contributed by atoms with E-state index in [1.165, 1.54) is 19.2 Å². The Bertz CT molecular complexity index is 979. The summed E-state index contributed by atoms with van der Waals surface area (Å²) in [4.78, 5) is 48.7. The Kier molecular flexibility index (Phi) is 13.0. The fourth-order valence-electron chi connectivity index (χ4n) is 2.92. The third kappa shape index (κ3) is 14.3. The van der Waals surface area contributed by atoms with Crippen LogP contribution in [0, 0.1) is 0 Å². The van der Waals surface area contributed by atoms with Gasteiger partial charge in [-0.05, 0) is 79.0 Å². The molecule has 220 valence electrons. The number of carbonyl (C=O) groups excluding carboxylic acids is 4. The molecular formula is C27H41NO11. The molecule has 1 rings (SSSR count). The number of rotatable bonds is 11. The fourth-order valence-corrected chi connectivity index (χ4v) is 2.92. The summed E-state index contributed by atoms with van der Waals surface area (Å²) in [5.41, 5.74) is -1.11. The van der Waals surface area contributed by atoms with Gasteiger partial charge >= 0.3 is 24.4 Å². The van der Waals surface area contributed by atoms with Crippen molar-refractivity contribution < 1.29 is 52.3 Å². The van der Waals surface area contributed by atoms with Crippen molar-refractivity contribution >= 4 is 24.4 Å². The number of hydrogen-bond acceptors (Lipinski definition) is 12. The highest BCUT2D eigenvalue weighted by molar-refractivity contribution is 5.76. The molecule has 1 N–H and O–H groups in total. The molecule has 0 aliphatic heterocycles. The molecule has 12 heteroatoms. The van der Waals surface area contributed by atoms with Crippen molar-refractivity contribution in [1.82, 2.24) is 5.32 Å². The maximum Gasteiger partial charge on any atom is 0.514 e. The van der Waals surface area contributed by atoms with Crippen molar-refractivity contribution in [2.24, 2.45) is 0 Å². The van der Waals surface area contributed by atoms with Gasteiger partial charge in [0.25, 0.3) is 0 Å². The Balaban J connectivity index is 3.10. The van der Waals surface area contributed by atoms with Gasteiger partial charge in [0.05, 0.1) is 13.7 Å². The van der Waals surface area contributed by atoms with Crippen LogP contribution < -0.4 is 14.8 Å². The van der Waals surface area contributed by atoms with Crippen LogP contribution in [0.5, 0.6) is 11.5 Å². The van der Waals surface area contributed by atoms with Crippen LogP contribution in [0.1, 0.15) is 67.4 Å². The van der Waals surface area contributed by atoms with E-state index >= 15 is 0 Å². The van der Waals surface area contributed by atoms with Crippen molar-refractivity contribution in [2.45, 2.75) is 91.6 Å². The van der Waals surface area contributed by atoms with Gasteiger partial charge in [-0.15, -0.1) is 0 Å². The quantitative estimate of drug-likeness (QED) is 0.224. The molecule has 12 nitrogen and oxygen atoms in total. The van der Waals surface area contributed by atoms with E-state index in [9.17, 15) is 19.2 Å². The van der Waals surface area contributed by atoms with E-state index in [4.69, 9.17) is 33.2 Å². The second-order valence-electron chi connectivity index (χ2n) is 10.6. The van der Waals surface area contributed by atoms with E-state index in [0.717, 1.165) is 0 Å². The molecule has 0 radical (unpaired) electrons. The number of nitrogens with one attached hydrogen (secondary N) is 1. The van der Waals surface area contributed by atoms with Crippen LogP contribution in [-0.2, 0) is 34.9 Å². The fraction of sp³-hybridized carbons (Fsp3) is 0.630. The normalized spacial score (nSPS) is 12.9. The maximum absolute atomic E-state index is 12.4. The lowest BCUT2D eigenvalue weighted by Gasteiger charge is -2.22. The molecule has 1 aromatic carbocycles. The first kappa shape index (κ1) is 33.5. The van der Waals surface area contributed by atoms with Crippen LogP contribution in [0.2, 0.25) is 0 Å². The molecule has 0 spiro atoms. The zero-order valence-electron chi connectivity index (χ0n) is 24.2. The van der Waals surface area contributed by atoms with Gasteiger partial charge in [-0.3, -0.25) is 4.79 Å². The lowest BCUT2D eigenvalue weighted by molar-refractivity contribution is -0.143. The van der Waals surface area contributed by atoms with Crippen LogP contribution in [0.25, 0.3) is 0 Å². The molecule has 1 unspecified atom stereocenters. The van der Waals surface area contributed by atoms with Crippen LogP contribution in [0.15, 0.2) is 18.2 Å². The van der Waals surface area contributed by atoms with Crippen molar-refractivity contribution in [3.63, 3.8) is 0 Å². The molecule has 0 aliphatic rings. The predicted molar refractivity (Wildman–Crippen MR) is 140 cm³/mol. The van der Waals surface area contributed by atoms with Gasteiger partial charge in [0.15, 0.2) is 11.5 Å². The number of esters is 1. The van der Waals surface area contributed by atoms with Gasteiger partial charge in [0.2, 0.25) is 0 Å². The SMILES string of the molecule is CCCOC(=O)OC(C)CN[C@@H](Cc1ccc(OC(=O)OC(C)(C)C)c(OC(=O)OC(C)(C)C)c1)C(=O)OC. The number of methoxy groups -OCH3 is 1. The molecule has 0 saturated heterocycles. The summed E-state index contributed by atoms with van der Waals surface area (Å²) in [6.45, 7) is 13.9. The Hall–Kier alpha value is -3.54. The minimum Gasteiger partial charge on any atom is -0.468 e. The maximum atomic E-state index is 12.4. The molecule has 39 heavy (non-hydrogen) atoms. The van der Waals surface area contributed by atoms with E-state index in [1.54, 1.807) is 54.5 Å². The third-order valence-electron chi connectivity index (χ3n) is 4.47. The second kappa shape index (κ2) is 15.2. The van der Waals surface area contributed by atoms with Crippen molar-refractivity contribution in [3.05, 3.63) is 23.8 Å². The van der Waals surface area contributed by atoms with Gasteiger partial charge in [-0.25, -0.2) is 14.4 Å². The zero-order chi connectivity index (χ0) is 29.8. The van der Waals surface area contributed by atoms with Crippen molar-refractivity contribution in [1.29, 1.82) is 0 Å². The second-order valence-corrected chi connectivity index (χ2v) is 10.6. The highest BCUT2D eigenvalue weighted by Crippen LogP contribution is 2.31. The van der Waals surface area contributed by atoms with E-state index in [1.807, 2.05) is 6.92 Å². The van der Waals surface area contributed by atoms with Gasteiger partial charge in [-0.2, -0.15) is 0 Å². The summed E-state index contributed by atoms with van der Waals surface area (Å²) >= 11 is 0. The summed E-state index contributed by atoms with van der Waals surface area (Å²) in [7, 11) is 1.24. The molecule has 0 fully saturated rings. The van der Waals surface area contributed by atoms with Crippen molar-refractivity contribution in [2.75, 3.05) is 20.3 Å². The molecular weight excluding hydrogens is 514 g/mol. The highest BCUT2D eigenvalue weighted by Gasteiger charge is 2.25. The Morgan fingerprint density at radius 2 is 1.44 bits per heavy atom. The smallest absolute Gasteiger partial charge is 0.468 e. The molecule has 2 atom stereocenters. The minimum atomic E-state index is -1.02. The molecule has 1 aromatic rings. The van der Waals surface area contributed by atoms with Crippen LogP contribution >= 0.6 is 0 Å². The lowest BCUT2D eigenvalue weighted by Crippen LogP contribution is -2.43. The third-order valence-corrected chi connectivity index (χ3v) is 4.47. The summed E-state index contributed by atoms with van der Waals surface area (Å²) in [6, 6.07) is 3.58. The first-order chi connectivity index (χ1) is 18.0. The minimum absolute atomic E-state index is 0.0888. The molecule has 0 heterocycles. The lowest BCUT2D eigenvalue weighted by atomic mass is 10.0. The van der Waals surface area contributed by atoms with Crippen LogP contribution in [0.3, 0.4) is 0 Å². The Morgan fingerprint density at radius 1 is 0.872 bits per heavy atom. The highest BCUT2D eigenvalue weighted by atomic mass is 16.8. The first-order valence-electron chi connectivity index (χ1n) is 12.6. The Morgan fingerprint density at radius 3 is 1.95 bits per heavy atom. The average Bonchev–Trinajstić information content (AvgIpc) is 2.78. The standard InChI is InChI=1S/C27H41NO11/c1-10-13-34-23(30)35-17(2)16-28-19(22(29)33-9)14-18-11-12-20(36-24(31)38-26(3,4)5)21(15-18)37-25(32)39-27(6,7)8/h11-12,15,17,19,28H,10,13-14,16H2,1-9H3/t17?,19-/m0/s1. The molecule has 0 bridgehead atoms. The largest absolute Gasteiger partial charge is 0.514 e. The predicted octanol–water partition coefficient (Wildman–Crippen LogP) is 4.94. The summed E-state index contributed by atoms with van der Waals surface area (Å²) in [5.74, 6) is -0.778. The summed E-state index contributed by atoms with van der Waals surface area (Å²) in [5, 5.41) is 3.00. The zero-order valence-corrected chi connectivity index (χ0v) is 24.2. The van der Waals surface area contributed by atoms with Gasteiger partial charge in [0, 0.05) is 6.54 Å². The van der Waals surface area contributed by atoms with Gasteiger partial charge in [-0.1, -0.05) is 13.0 Å². The first-order valence-corrected chi connectivity index (χ1v) is 12.6. The van der Waals surface area contributed by atoms with E-state index in [2.05, 4.69) is 5.32 Å². The molecule has 0 aromatic heterocycles. The number of hydrogen-bond donors (Lipinski definition) is 1. The molecule has 0 saturated carbocycles. The number of carbonyl (C=O) groups is 4. The number of benzene rings is 1. The van der Waals surface area contributed by atoms with E-state index in [0.29, 0.717) is 12.0 Å². The van der Waals surface area contributed by atoms with Crippen LogP contribution in [0.4, 0.5) is 14.4 Å². The topological polar surface area (TPSA) is 145 Å². The van der Waals surface area contributed by atoms with Gasteiger partial charge in [0.1, 0.15) is 23.3 Å². The monoisotopic (exact) mass is 555 g/mol. The van der Waals surface area contributed by atoms with Crippen molar-refractivity contribution in [3.8, 4) is 11.5 Å². The molecule has 0 amide bonds. The summed E-state index contributed by atoms with van der Waals surface area (Å²) < 4.78 is 35.9.